The Morgan fingerprint density at radius 3 is 2.59 bits per heavy atom. The number of carbonyl (C=O) groups is 3. The number of nitrogens with zero attached hydrogens (tertiary/aromatic N) is 1. The van der Waals surface area contributed by atoms with Crippen molar-refractivity contribution in [3.05, 3.63) is 53.8 Å². The van der Waals surface area contributed by atoms with Crippen LogP contribution in [0.25, 0.3) is 0 Å². The van der Waals surface area contributed by atoms with Crippen LogP contribution >= 0.6 is 11.8 Å². The predicted octanol–water partition coefficient (Wildman–Crippen LogP) is 1.94. The quantitative estimate of drug-likeness (QED) is 0.544. The molecule has 27 heavy (non-hydrogen) atoms. The Balaban J connectivity index is 1.49. The molecular formula is C19H21N3O4S. The summed E-state index contributed by atoms with van der Waals surface area (Å²) in [5.74, 6) is 5.51. The number of rotatable bonds is 7. The Bertz CT molecular complexity index is 804. The van der Waals surface area contributed by atoms with E-state index in [1.165, 1.54) is 0 Å². The molecule has 3 rings (SSSR count). The van der Waals surface area contributed by atoms with Gasteiger partial charge in [-0.15, -0.1) is 0 Å². The summed E-state index contributed by atoms with van der Waals surface area (Å²) in [6.07, 6.45) is 6.96. The summed E-state index contributed by atoms with van der Waals surface area (Å²) in [6, 6.07) is 6.74. The van der Waals surface area contributed by atoms with Gasteiger partial charge in [0, 0.05) is 6.20 Å². The van der Waals surface area contributed by atoms with Crippen LogP contribution < -0.4 is 15.9 Å². The first-order chi connectivity index (χ1) is 13.0. The molecule has 2 heterocycles. The number of imide groups is 1. The van der Waals surface area contributed by atoms with Crippen molar-refractivity contribution in [3.8, 4) is 5.75 Å². The number of thioether (sulfide) groups is 1. The first-order valence-electron chi connectivity index (χ1n) is 8.65. The van der Waals surface area contributed by atoms with Crippen LogP contribution in [0.3, 0.4) is 0 Å². The molecule has 0 bridgehead atoms. The fourth-order valence-corrected chi connectivity index (χ4v) is 3.66. The number of carbonyl (C=O) groups excluding carboxylic acids is 3. The molecule has 0 radical (unpaired) electrons. The first-order valence-corrected chi connectivity index (χ1v) is 9.53. The lowest BCUT2D eigenvalue weighted by Crippen LogP contribution is -2.37. The number of allylic oxidation sites excluding steroid dienone is 2. The van der Waals surface area contributed by atoms with Gasteiger partial charge in [0.25, 0.3) is 5.91 Å². The number of dihydropyridines is 1. The van der Waals surface area contributed by atoms with E-state index in [0.717, 1.165) is 29.3 Å². The van der Waals surface area contributed by atoms with E-state index < -0.39 is 10.5 Å². The van der Waals surface area contributed by atoms with Crippen LogP contribution in [-0.2, 0) is 16.0 Å². The number of ketones is 1. The van der Waals surface area contributed by atoms with Crippen molar-refractivity contribution in [2.24, 2.45) is 5.84 Å². The van der Waals surface area contributed by atoms with Crippen LogP contribution in [0.15, 0.2) is 48.2 Å². The Hall–Kier alpha value is -2.58. The summed E-state index contributed by atoms with van der Waals surface area (Å²) in [6.45, 7) is 2.02. The van der Waals surface area contributed by atoms with Gasteiger partial charge in [0.15, 0.2) is 5.78 Å². The molecule has 1 aromatic rings. The second kappa shape index (κ2) is 8.41. The van der Waals surface area contributed by atoms with E-state index in [1.54, 1.807) is 12.1 Å². The lowest BCUT2D eigenvalue weighted by atomic mass is 10.1. The van der Waals surface area contributed by atoms with Crippen molar-refractivity contribution in [3.63, 3.8) is 0 Å². The van der Waals surface area contributed by atoms with Gasteiger partial charge in [-0.3, -0.25) is 14.4 Å². The molecule has 1 saturated heterocycles. The van der Waals surface area contributed by atoms with Gasteiger partial charge in [-0.1, -0.05) is 31.2 Å². The highest BCUT2D eigenvalue weighted by Crippen LogP contribution is 2.27. The molecule has 2 aliphatic heterocycles. The monoisotopic (exact) mass is 387 g/mol. The average molecular weight is 387 g/mol. The van der Waals surface area contributed by atoms with Crippen molar-refractivity contribution in [2.75, 3.05) is 6.61 Å². The fourth-order valence-electron chi connectivity index (χ4n) is 2.72. The number of ether oxygens (including phenoxy) is 1. The Morgan fingerprint density at radius 2 is 2.04 bits per heavy atom. The lowest BCUT2D eigenvalue weighted by molar-refractivity contribution is -0.126. The molecule has 7 nitrogen and oxygen atoms in total. The van der Waals surface area contributed by atoms with Crippen LogP contribution in [-0.4, -0.2) is 39.8 Å². The predicted molar refractivity (Wildman–Crippen MR) is 103 cm³/mol. The van der Waals surface area contributed by atoms with Gasteiger partial charge in [0.05, 0.1) is 5.25 Å². The molecule has 0 aliphatic carbocycles. The summed E-state index contributed by atoms with van der Waals surface area (Å²) in [7, 11) is 0. The minimum absolute atomic E-state index is 0.0375. The van der Waals surface area contributed by atoms with Gasteiger partial charge >= 0.3 is 5.24 Å². The number of Topliss-reactive ketones (excluding diaryl/α,β-unsaturated/α-hetero) is 1. The highest BCUT2D eigenvalue weighted by Gasteiger charge is 2.37. The maximum absolute atomic E-state index is 12.2. The number of hydrazine groups is 1. The number of hydrogen-bond donors (Lipinski definition) is 2. The number of hydrogen-bond acceptors (Lipinski definition) is 7. The van der Waals surface area contributed by atoms with Crippen molar-refractivity contribution in [1.29, 1.82) is 0 Å². The number of nitrogens with one attached hydrogen (secondary N) is 1. The molecule has 3 N–H and O–H groups in total. The molecular weight excluding hydrogens is 366 g/mol. The van der Waals surface area contributed by atoms with Gasteiger partial charge in [-0.2, -0.15) is 0 Å². The molecule has 2 amide bonds. The summed E-state index contributed by atoms with van der Waals surface area (Å²) < 4.78 is 5.56. The highest BCUT2D eigenvalue weighted by atomic mass is 32.2. The van der Waals surface area contributed by atoms with E-state index in [1.807, 2.05) is 30.5 Å². The van der Waals surface area contributed by atoms with Gasteiger partial charge < -0.3 is 10.1 Å². The Morgan fingerprint density at radius 1 is 1.30 bits per heavy atom. The third-order valence-corrected chi connectivity index (χ3v) is 5.44. The summed E-state index contributed by atoms with van der Waals surface area (Å²) >= 11 is 0.931. The molecule has 2 atom stereocenters. The SMILES string of the molecule is CCC1=CNC(C(=O)COc2ccc(CC3SC(=O)N(N)C3=O)cc2)C=C1. The summed E-state index contributed by atoms with van der Waals surface area (Å²) in [4.78, 5) is 35.5. The first kappa shape index (κ1) is 19.2. The second-order valence-electron chi connectivity index (χ2n) is 6.26. The average Bonchev–Trinajstić information content (AvgIpc) is 2.94. The van der Waals surface area contributed by atoms with Crippen molar-refractivity contribution < 1.29 is 19.1 Å². The zero-order valence-electron chi connectivity index (χ0n) is 14.9. The molecule has 1 fully saturated rings. The van der Waals surface area contributed by atoms with E-state index in [0.29, 0.717) is 17.2 Å². The fraction of sp³-hybridized carbons (Fsp3) is 0.316. The van der Waals surface area contributed by atoms with E-state index in [4.69, 9.17) is 10.6 Å². The number of benzene rings is 1. The van der Waals surface area contributed by atoms with Crippen LogP contribution in [0.5, 0.6) is 5.75 Å². The number of nitrogens with two attached hydrogens (primary N) is 1. The molecule has 2 aliphatic rings. The minimum Gasteiger partial charge on any atom is -0.486 e. The standard InChI is InChI=1S/C19H21N3O4S/c1-2-12-5-8-15(21-10-12)16(23)11-26-14-6-3-13(4-7-14)9-17-18(24)22(20)19(25)27-17/h3-8,10,15,17,21H,2,9,11,20H2,1H3. The Kier molecular flexibility index (Phi) is 5.98. The maximum Gasteiger partial charge on any atom is 0.303 e. The molecule has 0 spiro atoms. The summed E-state index contributed by atoms with van der Waals surface area (Å²) in [5.41, 5.74) is 2.03. The zero-order chi connectivity index (χ0) is 19.4. The Labute approximate surface area is 161 Å². The third kappa shape index (κ3) is 4.58. The topological polar surface area (TPSA) is 102 Å². The third-order valence-electron chi connectivity index (χ3n) is 4.38. The zero-order valence-corrected chi connectivity index (χ0v) is 15.7. The maximum atomic E-state index is 12.2. The van der Waals surface area contributed by atoms with Gasteiger partial charge in [0.2, 0.25) is 0 Å². The van der Waals surface area contributed by atoms with E-state index >= 15 is 0 Å². The summed E-state index contributed by atoms with van der Waals surface area (Å²) in [5, 5.41) is 2.79. The lowest BCUT2D eigenvalue weighted by Gasteiger charge is -2.17. The smallest absolute Gasteiger partial charge is 0.303 e. The van der Waals surface area contributed by atoms with Crippen molar-refractivity contribution >= 4 is 28.7 Å². The van der Waals surface area contributed by atoms with Crippen LogP contribution in [0.1, 0.15) is 18.9 Å². The normalized spacial score (nSPS) is 21.9. The van der Waals surface area contributed by atoms with Crippen LogP contribution in [0, 0.1) is 0 Å². The molecule has 0 aromatic heterocycles. The minimum atomic E-state index is -0.499. The largest absolute Gasteiger partial charge is 0.486 e. The van der Waals surface area contributed by atoms with Crippen molar-refractivity contribution in [2.45, 2.75) is 31.1 Å². The van der Waals surface area contributed by atoms with Gasteiger partial charge in [-0.05, 0) is 47.9 Å². The molecule has 142 valence electrons. The van der Waals surface area contributed by atoms with Crippen LogP contribution in [0.2, 0.25) is 0 Å². The van der Waals surface area contributed by atoms with E-state index in [9.17, 15) is 14.4 Å². The van der Waals surface area contributed by atoms with E-state index in [-0.39, 0.29) is 24.3 Å². The molecule has 2 unspecified atom stereocenters. The van der Waals surface area contributed by atoms with Gasteiger partial charge in [0.1, 0.15) is 18.4 Å². The number of amides is 2. The van der Waals surface area contributed by atoms with Crippen LogP contribution in [0.4, 0.5) is 4.79 Å². The highest BCUT2D eigenvalue weighted by molar-refractivity contribution is 8.15. The molecule has 0 saturated carbocycles. The second-order valence-corrected chi connectivity index (χ2v) is 7.41. The molecule has 8 heteroatoms. The molecule has 1 aromatic carbocycles. The van der Waals surface area contributed by atoms with E-state index in [2.05, 4.69) is 12.2 Å². The van der Waals surface area contributed by atoms with Gasteiger partial charge in [-0.25, -0.2) is 10.9 Å². The van der Waals surface area contributed by atoms with Crippen molar-refractivity contribution in [1.82, 2.24) is 10.3 Å².